The Morgan fingerprint density at radius 2 is 2.24 bits per heavy atom. The van der Waals surface area contributed by atoms with Crippen molar-refractivity contribution in [3.63, 3.8) is 0 Å². The molecule has 3 rings (SSSR count). The van der Waals surface area contributed by atoms with Crippen molar-refractivity contribution in [2.75, 3.05) is 10.6 Å². The first kappa shape index (κ1) is 13.1. The molecule has 0 spiro atoms. The molecule has 21 heavy (non-hydrogen) atoms. The van der Waals surface area contributed by atoms with E-state index < -0.39 is 4.92 Å². The minimum absolute atomic E-state index is 0.00409. The summed E-state index contributed by atoms with van der Waals surface area (Å²) in [5, 5.41) is 16.9. The number of nitrogens with one attached hydrogen (secondary N) is 3. The quantitative estimate of drug-likeness (QED) is 0.586. The van der Waals surface area contributed by atoms with E-state index in [1.807, 2.05) is 0 Å². The van der Waals surface area contributed by atoms with Crippen LogP contribution in [0.2, 0.25) is 0 Å². The van der Waals surface area contributed by atoms with Gasteiger partial charge >= 0.3 is 0 Å². The molecule has 0 radical (unpaired) electrons. The van der Waals surface area contributed by atoms with Gasteiger partial charge in [0.1, 0.15) is 5.69 Å². The van der Waals surface area contributed by atoms with Gasteiger partial charge < -0.3 is 15.6 Å². The van der Waals surface area contributed by atoms with Crippen LogP contribution in [0.25, 0.3) is 0 Å². The third-order valence-electron chi connectivity index (χ3n) is 3.34. The first-order valence-electron chi connectivity index (χ1n) is 6.46. The smallest absolute Gasteiger partial charge is 0.292 e. The van der Waals surface area contributed by atoms with Crippen LogP contribution in [0.3, 0.4) is 0 Å². The number of fused-ring (bicyclic) bond motifs is 1. The fourth-order valence-corrected chi connectivity index (χ4v) is 2.28. The van der Waals surface area contributed by atoms with E-state index in [-0.39, 0.29) is 11.6 Å². The van der Waals surface area contributed by atoms with Gasteiger partial charge in [-0.1, -0.05) is 0 Å². The molecule has 0 saturated carbocycles. The molecule has 3 N–H and O–H groups in total. The number of rotatable bonds is 4. The number of aryl methyl sites for hydroxylation is 1. The van der Waals surface area contributed by atoms with E-state index in [1.54, 1.807) is 18.6 Å². The second-order valence-electron chi connectivity index (χ2n) is 4.76. The Balaban J connectivity index is 1.91. The first-order valence-corrected chi connectivity index (χ1v) is 6.46. The van der Waals surface area contributed by atoms with E-state index in [2.05, 4.69) is 20.6 Å². The fraction of sp³-hybridized carbons (Fsp3) is 0.231. The number of nitrogens with zero attached hydrogens (tertiary/aromatic N) is 2. The predicted molar refractivity (Wildman–Crippen MR) is 76.0 cm³/mol. The molecule has 0 bridgehead atoms. The zero-order chi connectivity index (χ0) is 14.8. The number of carbonyl (C=O) groups excluding carboxylic acids is 1. The minimum Gasteiger partial charge on any atom is -0.374 e. The molecule has 1 amide bonds. The zero-order valence-corrected chi connectivity index (χ0v) is 11.0. The van der Waals surface area contributed by atoms with Gasteiger partial charge in [0.25, 0.3) is 5.69 Å². The molecule has 1 aromatic heterocycles. The number of anilines is 2. The van der Waals surface area contributed by atoms with Crippen molar-refractivity contribution in [3.05, 3.63) is 46.0 Å². The molecule has 0 atom stereocenters. The van der Waals surface area contributed by atoms with E-state index in [9.17, 15) is 14.9 Å². The Morgan fingerprint density at radius 3 is 2.95 bits per heavy atom. The van der Waals surface area contributed by atoms with Crippen LogP contribution in [0.15, 0.2) is 24.7 Å². The topological polar surface area (TPSA) is 113 Å². The lowest BCUT2D eigenvalue weighted by Gasteiger charge is -2.18. The maximum absolute atomic E-state index is 11.4. The van der Waals surface area contributed by atoms with Crippen LogP contribution in [0.4, 0.5) is 17.1 Å². The highest BCUT2D eigenvalue weighted by molar-refractivity contribution is 5.95. The van der Waals surface area contributed by atoms with Gasteiger partial charge in [0.2, 0.25) is 5.91 Å². The van der Waals surface area contributed by atoms with Crippen molar-refractivity contribution < 1.29 is 9.72 Å². The third kappa shape index (κ3) is 2.69. The second kappa shape index (κ2) is 5.23. The molecule has 8 nitrogen and oxygen atoms in total. The number of nitro groups is 1. The number of carbonyl (C=O) groups is 1. The summed E-state index contributed by atoms with van der Waals surface area (Å²) in [6, 6.07) is 3.13. The SMILES string of the molecule is O=C1CCc2cc([N+](=O)[O-])c(NCc3cnc[nH]3)cc2N1. The average molecular weight is 287 g/mol. The molecule has 0 saturated heterocycles. The number of aromatic nitrogens is 2. The van der Waals surface area contributed by atoms with Crippen LogP contribution in [-0.2, 0) is 17.8 Å². The Labute approximate surface area is 119 Å². The molecule has 0 fully saturated rings. The van der Waals surface area contributed by atoms with Gasteiger partial charge in [0.15, 0.2) is 0 Å². The van der Waals surface area contributed by atoms with Gasteiger partial charge in [0.05, 0.1) is 23.5 Å². The molecule has 1 aliphatic rings. The maximum atomic E-state index is 11.4. The predicted octanol–water partition coefficient (Wildman–Crippen LogP) is 1.81. The summed E-state index contributed by atoms with van der Waals surface area (Å²) in [6.07, 6.45) is 4.05. The molecule has 8 heteroatoms. The van der Waals surface area contributed by atoms with Crippen LogP contribution in [0.5, 0.6) is 0 Å². The van der Waals surface area contributed by atoms with E-state index >= 15 is 0 Å². The largest absolute Gasteiger partial charge is 0.374 e. The number of hydrogen-bond acceptors (Lipinski definition) is 5. The van der Waals surface area contributed by atoms with Gasteiger partial charge in [-0.3, -0.25) is 14.9 Å². The number of aromatic amines is 1. The number of imidazole rings is 1. The minimum atomic E-state index is -0.425. The lowest BCUT2D eigenvalue weighted by Crippen LogP contribution is -2.19. The van der Waals surface area contributed by atoms with Gasteiger partial charge in [0, 0.05) is 24.4 Å². The molecule has 2 heterocycles. The average Bonchev–Trinajstić information content (AvgIpc) is 2.97. The van der Waals surface area contributed by atoms with Crippen molar-refractivity contribution >= 4 is 23.0 Å². The van der Waals surface area contributed by atoms with Crippen LogP contribution in [-0.4, -0.2) is 20.8 Å². The second-order valence-corrected chi connectivity index (χ2v) is 4.76. The molecular weight excluding hydrogens is 274 g/mol. The maximum Gasteiger partial charge on any atom is 0.292 e. The van der Waals surface area contributed by atoms with Gasteiger partial charge in [-0.05, 0) is 18.1 Å². The monoisotopic (exact) mass is 287 g/mol. The highest BCUT2D eigenvalue weighted by Crippen LogP contribution is 2.34. The lowest BCUT2D eigenvalue weighted by atomic mass is 10.0. The number of H-pyrrole nitrogens is 1. The van der Waals surface area contributed by atoms with Crippen LogP contribution < -0.4 is 10.6 Å². The van der Waals surface area contributed by atoms with E-state index in [4.69, 9.17) is 0 Å². The van der Waals surface area contributed by atoms with Gasteiger partial charge in [-0.2, -0.15) is 0 Å². The van der Waals surface area contributed by atoms with Crippen LogP contribution in [0.1, 0.15) is 17.7 Å². The molecular formula is C13H13N5O3. The summed E-state index contributed by atoms with van der Waals surface area (Å²) < 4.78 is 0. The highest BCUT2D eigenvalue weighted by atomic mass is 16.6. The molecule has 0 unspecified atom stereocenters. The number of amides is 1. The van der Waals surface area contributed by atoms with Crippen molar-refractivity contribution in [3.8, 4) is 0 Å². The first-order chi connectivity index (χ1) is 10.1. The summed E-state index contributed by atoms with van der Waals surface area (Å²) >= 11 is 0. The highest BCUT2D eigenvalue weighted by Gasteiger charge is 2.22. The van der Waals surface area contributed by atoms with Crippen molar-refractivity contribution in [2.45, 2.75) is 19.4 Å². The van der Waals surface area contributed by atoms with Crippen LogP contribution >= 0.6 is 0 Å². The normalized spacial score (nSPS) is 13.4. The fourth-order valence-electron chi connectivity index (χ4n) is 2.28. The summed E-state index contributed by atoms with van der Waals surface area (Å²) in [6.45, 7) is 0.383. The lowest BCUT2D eigenvalue weighted by molar-refractivity contribution is -0.384. The Kier molecular flexibility index (Phi) is 3.27. The zero-order valence-electron chi connectivity index (χ0n) is 11.0. The van der Waals surface area contributed by atoms with Crippen molar-refractivity contribution in [2.24, 2.45) is 0 Å². The van der Waals surface area contributed by atoms with E-state index in [1.165, 1.54) is 6.07 Å². The summed E-state index contributed by atoms with van der Waals surface area (Å²) in [4.78, 5) is 29.0. The van der Waals surface area contributed by atoms with Crippen LogP contribution in [0, 0.1) is 10.1 Å². The summed E-state index contributed by atoms with van der Waals surface area (Å²) in [7, 11) is 0. The Morgan fingerprint density at radius 1 is 1.38 bits per heavy atom. The molecule has 1 aliphatic heterocycles. The van der Waals surface area contributed by atoms with E-state index in [0.29, 0.717) is 30.8 Å². The summed E-state index contributed by atoms with van der Waals surface area (Å²) in [5.41, 5.74) is 2.60. The van der Waals surface area contributed by atoms with Crippen molar-refractivity contribution in [1.29, 1.82) is 0 Å². The Bertz CT molecular complexity index is 696. The number of benzene rings is 1. The number of hydrogen-bond donors (Lipinski definition) is 3. The van der Waals surface area contributed by atoms with Crippen molar-refractivity contribution in [1.82, 2.24) is 9.97 Å². The summed E-state index contributed by atoms with van der Waals surface area (Å²) in [5.74, 6) is -0.0733. The molecule has 108 valence electrons. The standard InChI is InChI=1S/C13H13N5O3/c19-13-2-1-8-3-12(18(20)21)11(4-10(8)17-13)15-6-9-5-14-7-16-9/h3-5,7,15H,1-2,6H2,(H,14,16)(H,17,19). The molecule has 2 aromatic rings. The third-order valence-corrected chi connectivity index (χ3v) is 3.34. The molecule has 0 aliphatic carbocycles. The van der Waals surface area contributed by atoms with Gasteiger partial charge in [-0.25, -0.2) is 4.98 Å². The van der Waals surface area contributed by atoms with Gasteiger partial charge in [-0.15, -0.1) is 0 Å². The molecule has 1 aromatic carbocycles. The van der Waals surface area contributed by atoms with E-state index in [0.717, 1.165) is 11.3 Å². The Hall–Kier alpha value is -2.90. The number of nitro benzene ring substituents is 1.